The van der Waals surface area contributed by atoms with Crippen molar-refractivity contribution in [1.82, 2.24) is 31.2 Å². The van der Waals surface area contributed by atoms with Gasteiger partial charge in [-0.3, -0.25) is 9.59 Å². The Morgan fingerprint density at radius 3 is 1.22 bits per heavy atom. The number of rotatable bonds is 4. The summed E-state index contributed by atoms with van der Waals surface area (Å²) < 4.78 is 31.7. The number of aromatic amines is 2. The van der Waals surface area contributed by atoms with E-state index in [4.69, 9.17) is 56.3 Å². The topological polar surface area (TPSA) is 151 Å². The number of halogens is 7. The van der Waals surface area contributed by atoms with Gasteiger partial charge in [0, 0.05) is 23.5 Å². The van der Waals surface area contributed by atoms with Crippen LogP contribution in [-0.4, -0.2) is 77.3 Å². The molecule has 2 aromatic heterocycles. The number of H-pyrrole nitrogens is 2. The molecule has 7 N–H and O–H groups in total. The van der Waals surface area contributed by atoms with E-state index in [1.54, 1.807) is 13.8 Å². The Morgan fingerprint density at radius 2 is 1.00 bits per heavy atom. The maximum absolute atomic E-state index is 12.0. The van der Waals surface area contributed by atoms with Crippen LogP contribution in [0.5, 0.6) is 0 Å². The van der Waals surface area contributed by atoms with E-state index in [-0.39, 0.29) is 23.9 Å². The van der Waals surface area contributed by atoms with Crippen LogP contribution in [0.2, 0.25) is 20.1 Å². The second-order valence-corrected chi connectivity index (χ2v) is 10.8. The molecule has 2 aliphatic heterocycles. The average molecular weight is 666 g/mol. The molecule has 0 atom stereocenters. The lowest BCUT2D eigenvalue weighted by Crippen LogP contribution is -2.42. The first-order valence-corrected chi connectivity index (χ1v) is 14.0. The van der Waals surface area contributed by atoms with Crippen molar-refractivity contribution in [3.63, 3.8) is 0 Å². The number of hydrogen-bond donors (Lipinski definition) is 7. The summed E-state index contributed by atoms with van der Waals surface area (Å²) in [5, 5.41) is 21.0. The van der Waals surface area contributed by atoms with E-state index in [1.165, 1.54) is 0 Å². The fourth-order valence-electron chi connectivity index (χ4n) is 3.90. The Hall–Kier alpha value is -2.16. The zero-order chi connectivity index (χ0) is 30.9. The Labute approximate surface area is 254 Å². The highest BCUT2D eigenvalue weighted by Gasteiger charge is 2.38. The first kappa shape index (κ1) is 35.0. The minimum Gasteiger partial charge on any atom is -0.475 e. The molecule has 0 bridgehead atoms. The smallest absolute Gasteiger partial charge is 0.475 e. The zero-order valence-corrected chi connectivity index (χ0v) is 25.2. The molecule has 0 aromatic carbocycles. The van der Waals surface area contributed by atoms with Crippen LogP contribution < -0.4 is 21.3 Å². The standard InChI is InChI=1S/2C11H15Cl2N3O.C2HF3O2/c2*1-6-8(12)9(13)10(15-6)11(17)16-7-2-4-14-5-3-7;3-2(4,5)1(6)7/h2*7,14-15H,2-5H2,1H3,(H,16,17);(H,6,7). The van der Waals surface area contributed by atoms with Crippen LogP contribution in [0.3, 0.4) is 0 Å². The number of hydrogen-bond acceptors (Lipinski definition) is 5. The van der Waals surface area contributed by atoms with Gasteiger partial charge in [0.15, 0.2) is 0 Å². The van der Waals surface area contributed by atoms with Crippen molar-refractivity contribution in [3.05, 3.63) is 42.9 Å². The number of alkyl halides is 3. The molecule has 41 heavy (non-hydrogen) atoms. The predicted molar refractivity (Wildman–Crippen MR) is 152 cm³/mol. The van der Waals surface area contributed by atoms with Crippen molar-refractivity contribution < 1.29 is 32.7 Å². The first-order chi connectivity index (χ1) is 19.1. The Kier molecular flexibility index (Phi) is 13.6. The van der Waals surface area contributed by atoms with E-state index in [1.807, 2.05) is 0 Å². The van der Waals surface area contributed by atoms with E-state index in [0.717, 1.165) is 51.9 Å². The summed E-state index contributed by atoms with van der Waals surface area (Å²) in [6.07, 6.45) is -1.32. The molecule has 2 fully saturated rings. The summed E-state index contributed by atoms with van der Waals surface area (Å²) in [6, 6.07) is 0.421. The molecule has 0 radical (unpaired) electrons. The molecule has 230 valence electrons. The molecule has 2 aromatic rings. The predicted octanol–water partition coefficient (Wildman–Crippen LogP) is 4.86. The first-order valence-electron chi connectivity index (χ1n) is 12.5. The lowest BCUT2D eigenvalue weighted by atomic mass is 10.1. The zero-order valence-electron chi connectivity index (χ0n) is 22.1. The molecule has 17 heteroatoms. The van der Waals surface area contributed by atoms with Gasteiger partial charge in [0.05, 0.1) is 20.1 Å². The Bertz CT molecular complexity index is 1130. The van der Waals surface area contributed by atoms with Crippen LogP contribution in [0.15, 0.2) is 0 Å². The van der Waals surface area contributed by atoms with Gasteiger partial charge in [0.1, 0.15) is 11.4 Å². The Balaban J connectivity index is 0.000000235. The van der Waals surface area contributed by atoms with Crippen LogP contribution in [-0.2, 0) is 4.79 Å². The summed E-state index contributed by atoms with van der Waals surface area (Å²) in [4.78, 5) is 38.7. The highest BCUT2D eigenvalue weighted by Crippen LogP contribution is 2.30. The maximum atomic E-state index is 12.0. The third kappa shape index (κ3) is 10.6. The normalized spacial score (nSPS) is 16.1. The van der Waals surface area contributed by atoms with Crippen molar-refractivity contribution in [2.24, 2.45) is 0 Å². The third-order valence-electron chi connectivity index (χ3n) is 6.15. The fourth-order valence-corrected chi connectivity index (χ4v) is 4.74. The van der Waals surface area contributed by atoms with Gasteiger partial charge in [0.25, 0.3) is 11.8 Å². The van der Waals surface area contributed by atoms with E-state index in [2.05, 4.69) is 31.2 Å². The number of carbonyl (C=O) groups excluding carboxylic acids is 2. The summed E-state index contributed by atoms with van der Waals surface area (Å²) in [5.41, 5.74) is 2.14. The lowest BCUT2D eigenvalue weighted by molar-refractivity contribution is -0.192. The van der Waals surface area contributed by atoms with Gasteiger partial charge in [-0.15, -0.1) is 0 Å². The van der Waals surface area contributed by atoms with E-state index in [9.17, 15) is 22.8 Å². The lowest BCUT2D eigenvalue weighted by Gasteiger charge is -2.23. The molecule has 10 nitrogen and oxygen atoms in total. The van der Waals surface area contributed by atoms with Crippen molar-refractivity contribution in [2.75, 3.05) is 26.2 Å². The number of carbonyl (C=O) groups is 3. The number of piperidine rings is 2. The molecule has 4 heterocycles. The van der Waals surface area contributed by atoms with Crippen molar-refractivity contribution in [1.29, 1.82) is 0 Å². The summed E-state index contributed by atoms with van der Waals surface area (Å²) in [6.45, 7) is 7.31. The third-order valence-corrected chi connectivity index (χ3v) is 8.05. The van der Waals surface area contributed by atoms with Gasteiger partial charge in [0.2, 0.25) is 0 Å². The van der Waals surface area contributed by atoms with Gasteiger partial charge >= 0.3 is 12.1 Å². The van der Waals surface area contributed by atoms with E-state index < -0.39 is 12.1 Å². The maximum Gasteiger partial charge on any atom is 0.490 e. The number of aromatic nitrogens is 2. The van der Waals surface area contributed by atoms with Gasteiger partial charge in [-0.1, -0.05) is 46.4 Å². The van der Waals surface area contributed by atoms with Gasteiger partial charge in [-0.25, -0.2) is 4.79 Å². The Morgan fingerprint density at radius 1 is 0.707 bits per heavy atom. The molecule has 2 saturated heterocycles. The van der Waals surface area contributed by atoms with Crippen LogP contribution in [0.1, 0.15) is 58.0 Å². The average Bonchev–Trinajstić information content (AvgIpc) is 3.34. The van der Waals surface area contributed by atoms with Crippen LogP contribution in [0, 0.1) is 13.8 Å². The molecular formula is C24H31Cl4F3N6O4. The van der Waals surface area contributed by atoms with Crippen LogP contribution in [0.4, 0.5) is 13.2 Å². The quantitative estimate of drug-likeness (QED) is 0.248. The van der Waals surface area contributed by atoms with E-state index >= 15 is 0 Å². The molecule has 4 rings (SSSR count). The molecule has 0 spiro atoms. The van der Waals surface area contributed by atoms with Crippen molar-refractivity contribution in [2.45, 2.75) is 57.8 Å². The number of amides is 2. The number of nitrogens with one attached hydrogen (secondary N) is 6. The van der Waals surface area contributed by atoms with E-state index in [0.29, 0.717) is 42.9 Å². The minimum atomic E-state index is -5.08. The minimum absolute atomic E-state index is 0.183. The van der Waals surface area contributed by atoms with Crippen LogP contribution in [0.25, 0.3) is 0 Å². The van der Waals surface area contributed by atoms with Crippen LogP contribution >= 0.6 is 46.4 Å². The molecule has 0 saturated carbocycles. The van der Waals surface area contributed by atoms with Gasteiger partial charge in [-0.05, 0) is 65.7 Å². The molecule has 2 aliphatic rings. The SMILES string of the molecule is Cc1[nH]c(C(=O)NC2CCNCC2)c(Cl)c1Cl.Cc1[nH]c(C(=O)NC2CCNCC2)c(Cl)c1Cl.O=C(O)C(F)(F)F. The monoisotopic (exact) mass is 664 g/mol. The summed E-state index contributed by atoms with van der Waals surface area (Å²) in [5.74, 6) is -3.12. The van der Waals surface area contributed by atoms with Gasteiger partial charge < -0.3 is 36.3 Å². The summed E-state index contributed by atoms with van der Waals surface area (Å²) in [7, 11) is 0. The largest absolute Gasteiger partial charge is 0.490 e. The number of carboxylic acids is 1. The van der Waals surface area contributed by atoms with Crippen molar-refractivity contribution in [3.8, 4) is 0 Å². The molecular weight excluding hydrogens is 635 g/mol. The number of carboxylic acid groups (broad SMARTS) is 1. The highest BCUT2D eigenvalue weighted by molar-refractivity contribution is 6.45. The second-order valence-electron chi connectivity index (χ2n) is 9.30. The second kappa shape index (κ2) is 15.9. The molecule has 2 amide bonds. The summed E-state index contributed by atoms with van der Waals surface area (Å²) >= 11 is 23.8. The fraction of sp³-hybridized carbons (Fsp3) is 0.542. The van der Waals surface area contributed by atoms with Gasteiger partial charge in [-0.2, -0.15) is 13.2 Å². The van der Waals surface area contributed by atoms with Crippen molar-refractivity contribution >= 4 is 64.2 Å². The number of aryl methyl sites for hydroxylation is 2. The number of aliphatic carboxylic acids is 1. The highest BCUT2D eigenvalue weighted by atomic mass is 35.5. The molecule has 0 unspecified atom stereocenters. The molecule has 0 aliphatic carbocycles.